The average molecular weight is 337 g/mol. The fraction of sp³-hybridized carbons (Fsp3) is 0.647. The van der Waals surface area contributed by atoms with E-state index < -0.39 is 6.03 Å². The SMILES string of the molecule is CCN(CC(=O)NC(=O)NCCc1cccs1)C1CCCCC1. The van der Waals surface area contributed by atoms with Gasteiger partial charge in [-0.2, -0.15) is 0 Å². The number of imide groups is 1. The van der Waals surface area contributed by atoms with Crippen LogP contribution < -0.4 is 10.6 Å². The quantitative estimate of drug-likeness (QED) is 0.804. The van der Waals surface area contributed by atoms with Crippen LogP contribution in [0.15, 0.2) is 17.5 Å². The number of nitrogens with one attached hydrogen (secondary N) is 2. The highest BCUT2D eigenvalue weighted by Gasteiger charge is 2.22. The second-order valence-electron chi connectivity index (χ2n) is 5.99. The summed E-state index contributed by atoms with van der Waals surface area (Å²) in [6.45, 7) is 3.76. The zero-order valence-electron chi connectivity index (χ0n) is 13.8. The smallest absolute Gasteiger partial charge is 0.321 e. The Morgan fingerprint density at radius 2 is 2.09 bits per heavy atom. The molecular weight excluding hydrogens is 310 g/mol. The van der Waals surface area contributed by atoms with Crippen LogP contribution in [0.2, 0.25) is 0 Å². The number of thiophene rings is 1. The van der Waals surface area contributed by atoms with E-state index in [1.807, 2.05) is 17.5 Å². The van der Waals surface area contributed by atoms with Gasteiger partial charge >= 0.3 is 6.03 Å². The molecular formula is C17H27N3O2S. The van der Waals surface area contributed by atoms with Crippen LogP contribution in [0, 0.1) is 0 Å². The first-order valence-electron chi connectivity index (χ1n) is 8.53. The lowest BCUT2D eigenvalue weighted by molar-refractivity contribution is -0.121. The third-order valence-electron chi connectivity index (χ3n) is 4.33. The summed E-state index contributed by atoms with van der Waals surface area (Å²) in [5.41, 5.74) is 0. The maximum Gasteiger partial charge on any atom is 0.321 e. The molecule has 1 aromatic rings. The molecule has 128 valence electrons. The lowest BCUT2D eigenvalue weighted by Gasteiger charge is -2.32. The van der Waals surface area contributed by atoms with E-state index >= 15 is 0 Å². The van der Waals surface area contributed by atoms with Crippen molar-refractivity contribution in [2.75, 3.05) is 19.6 Å². The van der Waals surface area contributed by atoms with Gasteiger partial charge in [0.05, 0.1) is 6.54 Å². The van der Waals surface area contributed by atoms with E-state index in [2.05, 4.69) is 22.5 Å². The Morgan fingerprint density at radius 1 is 1.30 bits per heavy atom. The van der Waals surface area contributed by atoms with Crippen molar-refractivity contribution in [3.05, 3.63) is 22.4 Å². The van der Waals surface area contributed by atoms with E-state index in [4.69, 9.17) is 0 Å². The molecule has 5 nitrogen and oxygen atoms in total. The Kier molecular flexibility index (Phi) is 7.55. The molecule has 0 aliphatic heterocycles. The summed E-state index contributed by atoms with van der Waals surface area (Å²) in [7, 11) is 0. The summed E-state index contributed by atoms with van der Waals surface area (Å²) in [5, 5.41) is 7.19. The van der Waals surface area contributed by atoms with Crippen LogP contribution in [0.3, 0.4) is 0 Å². The molecule has 0 aromatic carbocycles. The molecule has 0 atom stereocenters. The average Bonchev–Trinajstić information content (AvgIpc) is 3.06. The number of carbonyl (C=O) groups excluding carboxylic acids is 2. The zero-order chi connectivity index (χ0) is 16.5. The van der Waals surface area contributed by atoms with Gasteiger partial charge in [-0.1, -0.05) is 32.3 Å². The normalized spacial score (nSPS) is 15.6. The predicted octanol–water partition coefficient (Wildman–Crippen LogP) is 2.77. The molecule has 2 N–H and O–H groups in total. The van der Waals surface area contributed by atoms with Gasteiger partial charge in [-0.05, 0) is 37.3 Å². The van der Waals surface area contributed by atoms with Gasteiger partial charge in [0, 0.05) is 17.5 Å². The van der Waals surface area contributed by atoms with E-state index in [1.165, 1.54) is 24.1 Å². The minimum atomic E-state index is -0.397. The third kappa shape index (κ3) is 6.31. The van der Waals surface area contributed by atoms with E-state index in [0.717, 1.165) is 25.8 Å². The lowest BCUT2D eigenvalue weighted by Crippen LogP contribution is -2.47. The standard InChI is InChI=1S/C17H27N3O2S/c1-2-20(14-7-4-3-5-8-14)13-16(21)19-17(22)18-11-10-15-9-6-12-23-15/h6,9,12,14H,2-5,7-8,10-11,13H2,1H3,(H2,18,19,21,22). The van der Waals surface area contributed by atoms with Gasteiger partial charge in [0.25, 0.3) is 0 Å². The minimum Gasteiger partial charge on any atom is -0.337 e. The molecule has 0 radical (unpaired) electrons. The van der Waals surface area contributed by atoms with Crippen molar-refractivity contribution in [2.24, 2.45) is 0 Å². The van der Waals surface area contributed by atoms with Crippen molar-refractivity contribution < 1.29 is 9.59 Å². The zero-order valence-corrected chi connectivity index (χ0v) is 14.7. The summed E-state index contributed by atoms with van der Waals surface area (Å²) in [6.07, 6.45) is 6.90. The highest BCUT2D eigenvalue weighted by Crippen LogP contribution is 2.22. The van der Waals surface area contributed by atoms with Crippen molar-refractivity contribution >= 4 is 23.3 Å². The topological polar surface area (TPSA) is 61.4 Å². The molecule has 1 aliphatic rings. The van der Waals surface area contributed by atoms with Crippen LogP contribution >= 0.6 is 11.3 Å². The molecule has 1 fully saturated rings. The van der Waals surface area contributed by atoms with Crippen LogP contribution in [-0.4, -0.2) is 42.5 Å². The Labute approximate surface area is 142 Å². The van der Waals surface area contributed by atoms with E-state index in [9.17, 15) is 9.59 Å². The van der Waals surface area contributed by atoms with Crippen molar-refractivity contribution in [1.82, 2.24) is 15.5 Å². The van der Waals surface area contributed by atoms with Gasteiger partial charge in [-0.15, -0.1) is 11.3 Å². The fourth-order valence-electron chi connectivity index (χ4n) is 3.09. The first-order chi connectivity index (χ1) is 11.2. The van der Waals surface area contributed by atoms with Crippen molar-refractivity contribution in [1.29, 1.82) is 0 Å². The largest absolute Gasteiger partial charge is 0.337 e. The molecule has 0 saturated heterocycles. The number of rotatable bonds is 7. The predicted molar refractivity (Wildman–Crippen MR) is 93.7 cm³/mol. The molecule has 1 saturated carbocycles. The van der Waals surface area contributed by atoms with Crippen LogP contribution in [0.4, 0.5) is 4.79 Å². The number of hydrogen-bond donors (Lipinski definition) is 2. The van der Waals surface area contributed by atoms with Crippen LogP contribution in [-0.2, 0) is 11.2 Å². The molecule has 2 rings (SSSR count). The maximum atomic E-state index is 12.0. The molecule has 6 heteroatoms. The summed E-state index contributed by atoms with van der Waals surface area (Å²) >= 11 is 1.67. The number of likely N-dealkylation sites (N-methyl/N-ethyl adjacent to an activating group) is 1. The summed E-state index contributed by atoms with van der Waals surface area (Å²) in [4.78, 5) is 27.2. The molecule has 23 heavy (non-hydrogen) atoms. The molecule has 1 aliphatic carbocycles. The molecule has 1 aromatic heterocycles. The van der Waals surface area contributed by atoms with Crippen LogP contribution in [0.1, 0.15) is 43.9 Å². The summed E-state index contributed by atoms with van der Waals surface area (Å²) < 4.78 is 0. The van der Waals surface area contributed by atoms with Gasteiger partial charge in [0.15, 0.2) is 0 Å². The van der Waals surface area contributed by atoms with Gasteiger partial charge in [0.2, 0.25) is 5.91 Å². The van der Waals surface area contributed by atoms with Crippen LogP contribution in [0.25, 0.3) is 0 Å². The fourth-order valence-corrected chi connectivity index (χ4v) is 3.80. The molecule has 1 heterocycles. The van der Waals surface area contributed by atoms with E-state index in [1.54, 1.807) is 11.3 Å². The molecule has 0 bridgehead atoms. The van der Waals surface area contributed by atoms with Crippen molar-refractivity contribution in [3.63, 3.8) is 0 Å². The first-order valence-corrected chi connectivity index (χ1v) is 9.41. The number of urea groups is 1. The Hall–Kier alpha value is -1.40. The molecule has 3 amide bonds. The Balaban J connectivity index is 1.66. The third-order valence-corrected chi connectivity index (χ3v) is 5.27. The number of carbonyl (C=O) groups is 2. The van der Waals surface area contributed by atoms with Crippen molar-refractivity contribution in [2.45, 2.75) is 51.5 Å². The second-order valence-corrected chi connectivity index (χ2v) is 7.02. The van der Waals surface area contributed by atoms with Crippen LogP contribution in [0.5, 0.6) is 0 Å². The minimum absolute atomic E-state index is 0.217. The van der Waals surface area contributed by atoms with Gasteiger partial charge < -0.3 is 5.32 Å². The lowest BCUT2D eigenvalue weighted by atomic mass is 9.94. The van der Waals surface area contributed by atoms with E-state index in [-0.39, 0.29) is 5.91 Å². The van der Waals surface area contributed by atoms with Gasteiger partial charge in [-0.25, -0.2) is 4.79 Å². The monoisotopic (exact) mass is 337 g/mol. The summed E-state index contributed by atoms with van der Waals surface area (Å²) in [6, 6.07) is 4.13. The first kappa shape index (κ1) is 17.9. The highest BCUT2D eigenvalue weighted by atomic mass is 32.1. The van der Waals surface area contributed by atoms with Gasteiger partial charge in [-0.3, -0.25) is 15.0 Å². The van der Waals surface area contributed by atoms with E-state index in [0.29, 0.717) is 19.1 Å². The highest BCUT2D eigenvalue weighted by molar-refractivity contribution is 7.09. The van der Waals surface area contributed by atoms with Gasteiger partial charge in [0.1, 0.15) is 0 Å². The Morgan fingerprint density at radius 3 is 2.74 bits per heavy atom. The molecule has 0 unspecified atom stereocenters. The number of hydrogen-bond acceptors (Lipinski definition) is 4. The Bertz CT molecular complexity index is 484. The second kappa shape index (κ2) is 9.67. The summed E-state index contributed by atoms with van der Waals surface area (Å²) in [5.74, 6) is -0.217. The number of nitrogens with zero attached hydrogens (tertiary/aromatic N) is 1. The number of amides is 3. The maximum absolute atomic E-state index is 12.0. The molecule has 0 spiro atoms. The van der Waals surface area contributed by atoms with Crippen molar-refractivity contribution in [3.8, 4) is 0 Å².